The van der Waals surface area contributed by atoms with E-state index in [1.807, 2.05) is 0 Å². The zero-order chi connectivity index (χ0) is 11.4. The molecule has 0 radical (unpaired) electrons. The average molecular weight is 223 g/mol. The maximum absolute atomic E-state index is 4.01. The second kappa shape index (κ2) is 5.39. The van der Waals surface area contributed by atoms with Crippen LogP contribution in [0.5, 0.6) is 0 Å². The average Bonchev–Trinajstić information content (AvgIpc) is 2.83. The number of rotatable bonds is 4. The van der Waals surface area contributed by atoms with Crippen LogP contribution >= 0.6 is 0 Å². The molecule has 3 atom stereocenters. The first-order chi connectivity index (χ1) is 7.79. The molecule has 1 heterocycles. The van der Waals surface area contributed by atoms with Gasteiger partial charge in [-0.2, -0.15) is 5.21 Å². The highest BCUT2D eigenvalue weighted by atomic mass is 15.5. The lowest BCUT2D eigenvalue weighted by Crippen LogP contribution is -2.36. The largest absolute Gasteiger partial charge is 0.305 e. The van der Waals surface area contributed by atoms with Gasteiger partial charge in [-0.05, 0) is 25.7 Å². The van der Waals surface area contributed by atoms with E-state index in [-0.39, 0.29) is 6.04 Å². The van der Waals surface area contributed by atoms with Crippen LogP contribution < -0.4 is 5.32 Å². The van der Waals surface area contributed by atoms with Crippen molar-refractivity contribution >= 4 is 0 Å². The molecule has 90 valence electrons. The molecule has 1 aromatic heterocycles. The number of aromatic amines is 1. The molecule has 1 aliphatic rings. The molecule has 1 fully saturated rings. The van der Waals surface area contributed by atoms with Crippen LogP contribution in [0.4, 0.5) is 0 Å². The maximum Gasteiger partial charge on any atom is 0.191 e. The van der Waals surface area contributed by atoms with Gasteiger partial charge in [0.05, 0.1) is 6.04 Å². The van der Waals surface area contributed by atoms with Gasteiger partial charge in [0.2, 0.25) is 0 Å². The highest BCUT2D eigenvalue weighted by Gasteiger charge is 2.23. The Hall–Kier alpha value is -0.970. The van der Waals surface area contributed by atoms with Gasteiger partial charge >= 0.3 is 0 Å². The summed E-state index contributed by atoms with van der Waals surface area (Å²) in [5, 5.41) is 17.7. The number of H-pyrrole nitrogens is 1. The summed E-state index contributed by atoms with van der Waals surface area (Å²) in [5.74, 6) is 1.65. The van der Waals surface area contributed by atoms with Gasteiger partial charge in [-0.25, -0.2) is 0 Å². The van der Waals surface area contributed by atoms with Crippen molar-refractivity contribution in [2.75, 3.05) is 0 Å². The molecule has 0 aliphatic heterocycles. The Kier molecular flexibility index (Phi) is 3.88. The van der Waals surface area contributed by atoms with E-state index in [1.54, 1.807) is 0 Å². The first-order valence-electron chi connectivity index (χ1n) is 6.29. The molecule has 0 aromatic carbocycles. The van der Waals surface area contributed by atoms with Crippen molar-refractivity contribution < 1.29 is 0 Å². The molecule has 2 N–H and O–H groups in total. The van der Waals surface area contributed by atoms with Crippen LogP contribution in [0.3, 0.4) is 0 Å². The molecule has 16 heavy (non-hydrogen) atoms. The second-order valence-electron chi connectivity index (χ2n) is 4.80. The van der Waals surface area contributed by atoms with Gasteiger partial charge in [0.15, 0.2) is 5.82 Å². The molecular formula is C11H21N5. The highest BCUT2D eigenvalue weighted by Crippen LogP contribution is 2.27. The summed E-state index contributed by atoms with van der Waals surface area (Å²) in [6, 6.07) is 0.812. The van der Waals surface area contributed by atoms with Crippen molar-refractivity contribution in [3.63, 3.8) is 0 Å². The van der Waals surface area contributed by atoms with Crippen molar-refractivity contribution in [2.45, 2.75) is 58.0 Å². The number of hydrogen-bond donors (Lipinski definition) is 2. The Morgan fingerprint density at radius 2 is 2.38 bits per heavy atom. The second-order valence-corrected chi connectivity index (χ2v) is 4.80. The summed E-state index contributed by atoms with van der Waals surface area (Å²) in [6.45, 7) is 4.38. The third-order valence-corrected chi connectivity index (χ3v) is 3.59. The first kappa shape index (κ1) is 11.5. The van der Waals surface area contributed by atoms with Gasteiger partial charge in [-0.1, -0.05) is 31.4 Å². The van der Waals surface area contributed by atoms with Gasteiger partial charge in [0, 0.05) is 6.04 Å². The van der Waals surface area contributed by atoms with E-state index >= 15 is 0 Å². The fourth-order valence-electron chi connectivity index (χ4n) is 2.59. The summed E-state index contributed by atoms with van der Waals surface area (Å²) in [6.07, 6.45) is 6.60. The molecule has 5 heteroatoms. The highest BCUT2D eigenvalue weighted by molar-refractivity contribution is 4.89. The molecule has 0 amide bonds. The van der Waals surface area contributed by atoms with Crippen molar-refractivity contribution in [2.24, 2.45) is 5.92 Å². The van der Waals surface area contributed by atoms with Crippen LogP contribution in [-0.2, 0) is 0 Å². The minimum absolute atomic E-state index is 0.194. The lowest BCUT2D eigenvalue weighted by Gasteiger charge is -2.30. The lowest BCUT2D eigenvalue weighted by atomic mass is 9.84. The van der Waals surface area contributed by atoms with Gasteiger partial charge in [-0.3, -0.25) is 0 Å². The molecule has 1 aromatic rings. The van der Waals surface area contributed by atoms with Crippen LogP contribution in [0.25, 0.3) is 0 Å². The van der Waals surface area contributed by atoms with Crippen LogP contribution in [0, 0.1) is 5.92 Å². The Morgan fingerprint density at radius 1 is 1.50 bits per heavy atom. The molecule has 0 spiro atoms. The number of nitrogens with zero attached hydrogens (tertiary/aromatic N) is 3. The van der Waals surface area contributed by atoms with Gasteiger partial charge in [0.25, 0.3) is 0 Å². The molecule has 2 rings (SSSR count). The van der Waals surface area contributed by atoms with Gasteiger partial charge in [-0.15, -0.1) is 10.2 Å². The SMILES string of the molecule is CCC1CCCC(NC(C)c2nn[nH]n2)C1. The van der Waals surface area contributed by atoms with Crippen LogP contribution in [0.1, 0.15) is 57.8 Å². The van der Waals surface area contributed by atoms with E-state index in [1.165, 1.54) is 32.1 Å². The summed E-state index contributed by atoms with van der Waals surface area (Å²) >= 11 is 0. The summed E-state index contributed by atoms with van der Waals surface area (Å²) < 4.78 is 0. The van der Waals surface area contributed by atoms with Crippen LogP contribution in [0.2, 0.25) is 0 Å². The van der Waals surface area contributed by atoms with E-state index in [2.05, 4.69) is 39.8 Å². The van der Waals surface area contributed by atoms with E-state index in [9.17, 15) is 0 Å². The summed E-state index contributed by atoms with van der Waals surface area (Å²) in [5.41, 5.74) is 0. The van der Waals surface area contributed by atoms with Crippen LogP contribution in [-0.4, -0.2) is 26.7 Å². The zero-order valence-electron chi connectivity index (χ0n) is 10.1. The maximum atomic E-state index is 4.01. The zero-order valence-corrected chi connectivity index (χ0v) is 10.1. The fraction of sp³-hybridized carbons (Fsp3) is 0.909. The van der Waals surface area contributed by atoms with Crippen molar-refractivity contribution in [1.82, 2.24) is 25.9 Å². The predicted molar refractivity (Wildman–Crippen MR) is 61.8 cm³/mol. The standard InChI is InChI=1S/C11H21N5/c1-3-9-5-4-6-10(7-9)12-8(2)11-13-15-16-14-11/h8-10,12H,3-7H2,1-2H3,(H,13,14,15,16). The Labute approximate surface area is 96.4 Å². The number of aromatic nitrogens is 4. The van der Waals surface area contributed by atoms with E-state index in [0.717, 1.165) is 11.7 Å². The quantitative estimate of drug-likeness (QED) is 0.817. The van der Waals surface area contributed by atoms with Gasteiger partial charge in [0.1, 0.15) is 0 Å². The summed E-state index contributed by atoms with van der Waals surface area (Å²) in [7, 11) is 0. The van der Waals surface area contributed by atoms with Crippen molar-refractivity contribution in [3.8, 4) is 0 Å². The first-order valence-corrected chi connectivity index (χ1v) is 6.29. The molecule has 1 saturated carbocycles. The molecule has 0 bridgehead atoms. The summed E-state index contributed by atoms with van der Waals surface area (Å²) in [4.78, 5) is 0. The number of nitrogens with one attached hydrogen (secondary N) is 2. The molecule has 5 nitrogen and oxygen atoms in total. The Bertz CT molecular complexity index is 297. The molecule has 0 saturated heterocycles. The minimum Gasteiger partial charge on any atom is -0.305 e. The van der Waals surface area contributed by atoms with E-state index < -0.39 is 0 Å². The Balaban J connectivity index is 1.84. The van der Waals surface area contributed by atoms with E-state index in [0.29, 0.717) is 6.04 Å². The molecule has 1 aliphatic carbocycles. The normalized spacial score (nSPS) is 27.9. The van der Waals surface area contributed by atoms with Crippen molar-refractivity contribution in [3.05, 3.63) is 5.82 Å². The third-order valence-electron chi connectivity index (χ3n) is 3.59. The number of hydrogen-bond acceptors (Lipinski definition) is 4. The Morgan fingerprint density at radius 3 is 3.06 bits per heavy atom. The van der Waals surface area contributed by atoms with Crippen molar-refractivity contribution in [1.29, 1.82) is 0 Å². The van der Waals surface area contributed by atoms with E-state index in [4.69, 9.17) is 0 Å². The predicted octanol–water partition coefficient (Wildman–Crippen LogP) is 1.82. The lowest BCUT2D eigenvalue weighted by molar-refractivity contribution is 0.263. The van der Waals surface area contributed by atoms with Gasteiger partial charge < -0.3 is 5.32 Å². The topological polar surface area (TPSA) is 66.5 Å². The fourth-order valence-corrected chi connectivity index (χ4v) is 2.59. The molecular weight excluding hydrogens is 202 g/mol. The number of tetrazole rings is 1. The third kappa shape index (κ3) is 2.78. The monoisotopic (exact) mass is 223 g/mol. The van der Waals surface area contributed by atoms with Crippen LogP contribution in [0.15, 0.2) is 0 Å². The smallest absolute Gasteiger partial charge is 0.191 e. The molecule has 3 unspecified atom stereocenters. The minimum atomic E-state index is 0.194.